The summed E-state index contributed by atoms with van der Waals surface area (Å²) in [4.78, 5) is 16.9. The fourth-order valence-electron chi connectivity index (χ4n) is 3.12. The van der Waals surface area contributed by atoms with Crippen LogP contribution in [0.25, 0.3) is 11.1 Å². The van der Waals surface area contributed by atoms with Crippen LogP contribution in [0.15, 0.2) is 67.0 Å². The molecule has 2 aromatic carbocycles. The van der Waals surface area contributed by atoms with E-state index < -0.39 is 6.04 Å². The highest BCUT2D eigenvalue weighted by atomic mass is 16.5. The smallest absolute Gasteiger partial charge is 0.255 e. The van der Waals surface area contributed by atoms with Gasteiger partial charge >= 0.3 is 0 Å². The first-order chi connectivity index (χ1) is 14.5. The second kappa shape index (κ2) is 9.89. The van der Waals surface area contributed by atoms with Crippen LogP contribution in [0.2, 0.25) is 0 Å². The number of aliphatic hydroxyl groups excluding tert-OH is 1. The van der Waals surface area contributed by atoms with E-state index in [4.69, 9.17) is 9.47 Å². The van der Waals surface area contributed by atoms with Crippen molar-refractivity contribution in [3.63, 3.8) is 0 Å². The number of benzene rings is 2. The predicted molar refractivity (Wildman–Crippen MR) is 116 cm³/mol. The molecule has 0 radical (unpaired) electrons. The van der Waals surface area contributed by atoms with Crippen LogP contribution < -0.4 is 14.8 Å². The fourth-order valence-corrected chi connectivity index (χ4v) is 3.12. The Kier molecular flexibility index (Phi) is 7.03. The van der Waals surface area contributed by atoms with Crippen LogP contribution in [0.3, 0.4) is 0 Å². The summed E-state index contributed by atoms with van der Waals surface area (Å²) in [5, 5.41) is 12.7. The van der Waals surface area contributed by atoms with Gasteiger partial charge in [-0.3, -0.25) is 9.78 Å². The Morgan fingerprint density at radius 1 is 1.03 bits per heavy atom. The number of rotatable bonds is 8. The van der Waals surface area contributed by atoms with Gasteiger partial charge in [0, 0.05) is 12.4 Å². The first-order valence-corrected chi connectivity index (χ1v) is 9.78. The maximum atomic E-state index is 12.9. The van der Waals surface area contributed by atoms with Gasteiger partial charge in [0.25, 0.3) is 5.91 Å². The maximum absolute atomic E-state index is 12.9. The minimum atomic E-state index is -0.546. The third kappa shape index (κ3) is 5.15. The molecule has 0 aliphatic heterocycles. The molecule has 1 aromatic heterocycles. The van der Waals surface area contributed by atoms with Gasteiger partial charge in [0.15, 0.2) is 0 Å². The van der Waals surface area contributed by atoms with Crippen molar-refractivity contribution in [3.05, 3.63) is 78.1 Å². The van der Waals surface area contributed by atoms with E-state index in [0.29, 0.717) is 11.3 Å². The van der Waals surface area contributed by atoms with Crippen LogP contribution in [0.1, 0.15) is 35.8 Å². The summed E-state index contributed by atoms with van der Waals surface area (Å²) in [6, 6.07) is 16.0. The predicted octanol–water partition coefficient (Wildman–Crippen LogP) is 4.01. The third-order valence-corrected chi connectivity index (χ3v) is 4.60. The van der Waals surface area contributed by atoms with Crippen LogP contribution in [0.5, 0.6) is 11.5 Å². The van der Waals surface area contributed by atoms with E-state index in [2.05, 4.69) is 10.3 Å². The zero-order valence-electron chi connectivity index (χ0n) is 17.3. The topological polar surface area (TPSA) is 80.7 Å². The van der Waals surface area contributed by atoms with Gasteiger partial charge in [-0.1, -0.05) is 18.2 Å². The Labute approximate surface area is 176 Å². The van der Waals surface area contributed by atoms with Crippen molar-refractivity contribution in [2.75, 3.05) is 13.7 Å². The number of carbonyl (C=O) groups excluding carboxylic acids is 1. The molecule has 1 atom stereocenters. The Morgan fingerprint density at radius 3 is 2.33 bits per heavy atom. The first kappa shape index (κ1) is 21.3. The average Bonchev–Trinajstić information content (AvgIpc) is 2.77. The highest BCUT2D eigenvalue weighted by Crippen LogP contribution is 2.28. The Morgan fingerprint density at radius 2 is 1.73 bits per heavy atom. The molecule has 1 amide bonds. The van der Waals surface area contributed by atoms with Gasteiger partial charge in [0.2, 0.25) is 0 Å². The normalized spacial score (nSPS) is 11.8. The molecule has 0 saturated heterocycles. The summed E-state index contributed by atoms with van der Waals surface area (Å²) < 4.78 is 11.1. The molecule has 0 aliphatic rings. The average molecular weight is 406 g/mol. The van der Waals surface area contributed by atoms with E-state index in [9.17, 15) is 9.90 Å². The third-order valence-electron chi connectivity index (χ3n) is 4.60. The van der Waals surface area contributed by atoms with Crippen LogP contribution in [-0.4, -0.2) is 35.8 Å². The Balaban J connectivity index is 1.78. The lowest BCUT2D eigenvalue weighted by molar-refractivity contribution is 0.0913. The Bertz CT molecular complexity index is 972. The van der Waals surface area contributed by atoms with E-state index in [1.807, 2.05) is 62.4 Å². The summed E-state index contributed by atoms with van der Waals surface area (Å²) in [5.41, 5.74) is 3.08. The molecule has 3 rings (SSSR count). The van der Waals surface area contributed by atoms with Crippen molar-refractivity contribution in [2.24, 2.45) is 0 Å². The minimum absolute atomic E-state index is 0.0757. The largest absolute Gasteiger partial charge is 0.496 e. The fraction of sp³-hybridized carbons (Fsp3) is 0.250. The van der Waals surface area contributed by atoms with E-state index in [0.717, 1.165) is 22.4 Å². The molecule has 1 heterocycles. The minimum Gasteiger partial charge on any atom is -0.496 e. The monoisotopic (exact) mass is 406 g/mol. The number of nitrogens with zero attached hydrogens (tertiary/aromatic N) is 1. The molecule has 0 saturated carbocycles. The number of nitrogens with one attached hydrogen (secondary N) is 1. The Hall–Kier alpha value is -3.38. The van der Waals surface area contributed by atoms with Crippen molar-refractivity contribution in [1.82, 2.24) is 10.3 Å². The number of pyridine rings is 1. The van der Waals surface area contributed by atoms with Crippen molar-refractivity contribution in [3.8, 4) is 22.6 Å². The SMILES string of the molecule is COc1cc(-c2ccncc2)ccc1C(=O)NC(CO)c1ccc(OC(C)C)cc1. The first-order valence-electron chi connectivity index (χ1n) is 9.78. The second-order valence-corrected chi connectivity index (χ2v) is 7.10. The van der Waals surface area contributed by atoms with Crippen molar-refractivity contribution >= 4 is 5.91 Å². The number of carbonyl (C=O) groups is 1. The molecular formula is C24H26N2O4. The molecule has 0 bridgehead atoms. The molecule has 6 nitrogen and oxygen atoms in total. The number of aromatic nitrogens is 1. The number of hydrogen-bond donors (Lipinski definition) is 2. The van der Waals surface area contributed by atoms with Crippen molar-refractivity contribution in [1.29, 1.82) is 0 Å². The lowest BCUT2D eigenvalue weighted by Gasteiger charge is -2.19. The number of amides is 1. The molecule has 3 aromatic rings. The van der Waals surface area contributed by atoms with E-state index in [1.54, 1.807) is 18.5 Å². The number of hydrogen-bond acceptors (Lipinski definition) is 5. The van der Waals surface area contributed by atoms with Crippen molar-refractivity contribution in [2.45, 2.75) is 26.0 Å². The molecule has 2 N–H and O–H groups in total. The van der Waals surface area contributed by atoms with Gasteiger partial charge in [-0.15, -0.1) is 0 Å². The van der Waals surface area contributed by atoms with Gasteiger partial charge in [-0.05, 0) is 66.9 Å². The van der Waals surface area contributed by atoms with Crippen LogP contribution in [0.4, 0.5) is 0 Å². The number of methoxy groups -OCH3 is 1. The summed E-state index contributed by atoms with van der Waals surface area (Å²) in [5.74, 6) is 0.874. The molecule has 0 fully saturated rings. The summed E-state index contributed by atoms with van der Waals surface area (Å²) >= 11 is 0. The molecule has 30 heavy (non-hydrogen) atoms. The van der Waals surface area contributed by atoms with Crippen molar-refractivity contribution < 1.29 is 19.4 Å². The number of aliphatic hydroxyl groups is 1. The zero-order valence-corrected chi connectivity index (χ0v) is 17.3. The molecule has 0 aliphatic carbocycles. The standard InChI is InChI=1S/C24H26N2O4/c1-16(2)30-20-7-4-18(5-8-20)22(15-27)26-24(28)21-9-6-19(14-23(21)29-3)17-10-12-25-13-11-17/h4-14,16,22,27H,15H2,1-3H3,(H,26,28). The molecule has 6 heteroatoms. The summed E-state index contributed by atoms with van der Waals surface area (Å²) in [7, 11) is 1.53. The highest BCUT2D eigenvalue weighted by Gasteiger charge is 2.19. The lowest BCUT2D eigenvalue weighted by atomic mass is 10.0. The van der Waals surface area contributed by atoms with Gasteiger partial charge in [0.1, 0.15) is 11.5 Å². The molecule has 0 spiro atoms. The maximum Gasteiger partial charge on any atom is 0.255 e. The van der Waals surface area contributed by atoms with Gasteiger partial charge in [0.05, 0.1) is 31.4 Å². The molecule has 156 valence electrons. The van der Waals surface area contributed by atoms with Crippen LogP contribution >= 0.6 is 0 Å². The second-order valence-electron chi connectivity index (χ2n) is 7.10. The number of ether oxygens (including phenoxy) is 2. The van der Waals surface area contributed by atoms with E-state index in [1.165, 1.54) is 7.11 Å². The summed E-state index contributed by atoms with van der Waals surface area (Å²) in [6.45, 7) is 3.68. The van der Waals surface area contributed by atoms with Gasteiger partial charge in [-0.25, -0.2) is 0 Å². The summed E-state index contributed by atoms with van der Waals surface area (Å²) in [6.07, 6.45) is 3.50. The lowest BCUT2D eigenvalue weighted by Crippen LogP contribution is -2.31. The van der Waals surface area contributed by atoms with Gasteiger partial charge < -0.3 is 19.9 Å². The molecular weight excluding hydrogens is 380 g/mol. The highest BCUT2D eigenvalue weighted by molar-refractivity contribution is 5.98. The quantitative estimate of drug-likeness (QED) is 0.591. The van der Waals surface area contributed by atoms with E-state index >= 15 is 0 Å². The van der Waals surface area contributed by atoms with Gasteiger partial charge in [-0.2, -0.15) is 0 Å². The van der Waals surface area contributed by atoms with Crippen LogP contribution in [0, 0.1) is 0 Å². The van der Waals surface area contributed by atoms with Crippen LogP contribution in [-0.2, 0) is 0 Å². The van der Waals surface area contributed by atoms with E-state index in [-0.39, 0.29) is 18.6 Å². The molecule has 1 unspecified atom stereocenters. The zero-order chi connectivity index (χ0) is 21.5.